The van der Waals surface area contributed by atoms with Crippen molar-refractivity contribution in [1.82, 2.24) is 0 Å². The van der Waals surface area contributed by atoms with Crippen LogP contribution in [-0.2, 0) is 26.2 Å². The van der Waals surface area contributed by atoms with Crippen molar-refractivity contribution in [3.05, 3.63) is 45.6 Å². The first-order valence-electron chi connectivity index (χ1n) is 13.2. The van der Waals surface area contributed by atoms with Crippen molar-refractivity contribution >= 4 is 0 Å². The van der Waals surface area contributed by atoms with Gasteiger partial charge in [0.2, 0.25) is 0 Å². The van der Waals surface area contributed by atoms with Gasteiger partial charge in [-0.3, -0.25) is 12.2 Å². The predicted molar refractivity (Wildman–Crippen MR) is 144 cm³/mol. The van der Waals surface area contributed by atoms with Crippen molar-refractivity contribution in [3.63, 3.8) is 0 Å². The summed E-state index contributed by atoms with van der Waals surface area (Å²) in [6, 6.07) is 0. The van der Waals surface area contributed by atoms with Crippen LogP contribution in [0.25, 0.3) is 0 Å². The molecule has 0 N–H and O–H groups in total. The van der Waals surface area contributed by atoms with E-state index in [0.717, 1.165) is 12.8 Å². The maximum Gasteiger partial charge on any atom is 4.00 e. The van der Waals surface area contributed by atoms with E-state index in [4.69, 9.17) is 0 Å². The molecule has 35 heavy (non-hydrogen) atoms. The van der Waals surface area contributed by atoms with Crippen LogP contribution in [0, 0.1) is 33.8 Å². The molecule has 3 heteroatoms. The molecule has 2 aliphatic rings. The first-order chi connectivity index (χ1) is 14.6. The van der Waals surface area contributed by atoms with E-state index in [9.17, 15) is 0 Å². The first-order valence-corrected chi connectivity index (χ1v) is 13.2. The second-order valence-electron chi connectivity index (χ2n) is 12.3. The van der Waals surface area contributed by atoms with Crippen molar-refractivity contribution in [2.75, 3.05) is 0 Å². The van der Waals surface area contributed by atoms with E-state index in [2.05, 4.69) is 109 Å². The van der Waals surface area contributed by atoms with Gasteiger partial charge in [0, 0.05) is 0 Å². The van der Waals surface area contributed by atoms with Gasteiger partial charge in [-0.1, -0.05) is 83.1 Å². The Balaban J connectivity index is -0.000000539. The van der Waals surface area contributed by atoms with Crippen molar-refractivity contribution in [2.24, 2.45) is 21.7 Å². The number of allylic oxidation sites excluding steroid dienone is 8. The van der Waals surface area contributed by atoms with Gasteiger partial charge in [-0.25, -0.2) is 11.1 Å². The van der Waals surface area contributed by atoms with Crippen molar-refractivity contribution < 1.29 is 51.0 Å². The summed E-state index contributed by atoms with van der Waals surface area (Å²) < 4.78 is 0. The van der Waals surface area contributed by atoms with Gasteiger partial charge in [0.05, 0.1) is 0 Å². The Hall–Kier alpha value is 0.423. The molecule has 0 fully saturated rings. The number of halogens is 2. The third kappa shape index (κ3) is 7.73. The standard InChI is InChI=1S/2C16H27.2ClH.Zr/c2*1-8-16(9-2,15(5,6)7)14-11-10-12(3)13(14)4;;;/h2*8-10H2,1-7H3;2*1H;/q2*-1;;;+4/p-2. The maximum atomic E-state index is 3.65. The molecular formula is C32H54Cl2Zr. The molecule has 0 radical (unpaired) electrons. The fraction of sp³-hybridized carbons (Fsp3) is 0.750. The second-order valence-corrected chi connectivity index (χ2v) is 12.3. The molecule has 0 atom stereocenters. The Kier molecular flexibility index (Phi) is 17.3. The quantitative estimate of drug-likeness (QED) is 0.391. The summed E-state index contributed by atoms with van der Waals surface area (Å²) in [6.45, 7) is 32.6. The average molecular weight is 601 g/mol. The zero-order valence-corrected chi connectivity index (χ0v) is 29.5. The topological polar surface area (TPSA) is 0 Å². The van der Waals surface area contributed by atoms with Gasteiger partial charge in [0.15, 0.2) is 0 Å². The van der Waals surface area contributed by atoms with Crippen LogP contribution in [0.2, 0.25) is 0 Å². The molecule has 0 aromatic rings. The fourth-order valence-corrected chi connectivity index (χ4v) is 6.53. The molecule has 0 aromatic heterocycles. The molecule has 0 nitrogen and oxygen atoms in total. The van der Waals surface area contributed by atoms with Gasteiger partial charge in [-0.2, -0.15) is 22.3 Å². The fourth-order valence-electron chi connectivity index (χ4n) is 6.53. The van der Waals surface area contributed by atoms with Gasteiger partial charge >= 0.3 is 26.2 Å². The van der Waals surface area contributed by atoms with Crippen molar-refractivity contribution in [1.29, 1.82) is 0 Å². The largest absolute Gasteiger partial charge is 4.00 e. The van der Waals surface area contributed by atoms with Crippen molar-refractivity contribution in [2.45, 2.75) is 135 Å². The Morgan fingerprint density at radius 2 is 0.771 bits per heavy atom. The van der Waals surface area contributed by atoms with Crippen LogP contribution in [0.5, 0.6) is 0 Å². The van der Waals surface area contributed by atoms with E-state index in [0.29, 0.717) is 21.7 Å². The molecule has 0 amide bonds. The summed E-state index contributed by atoms with van der Waals surface area (Å²) in [5.74, 6) is 0. The summed E-state index contributed by atoms with van der Waals surface area (Å²) in [7, 11) is 0. The monoisotopic (exact) mass is 598 g/mol. The van der Waals surface area contributed by atoms with E-state index in [1.807, 2.05) is 0 Å². The van der Waals surface area contributed by atoms with Crippen LogP contribution >= 0.6 is 0 Å². The summed E-state index contributed by atoms with van der Waals surface area (Å²) in [5.41, 5.74) is 10.2. The Labute approximate surface area is 252 Å². The van der Waals surface area contributed by atoms with Crippen molar-refractivity contribution in [3.8, 4) is 0 Å². The minimum Gasteiger partial charge on any atom is -1.00 e. The third-order valence-electron chi connectivity index (χ3n) is 9.33. The van der Waals surface area contributed by atoms with E-state index < -0.39 is 0 Å². The van der Waals surface area contributed by atoms with Crippen LogP contribution in [0.1, 0.15) is 135 Å². The first kappa shape index (κ1) is 39.9. The molecule has 0 heterocycles. The zero-order chi connectivity index (χ0) is 25.1. The van der Waals surface area contributed by atoms with E-state index in [-0.39, 0.29) is 51.0 Å². The predicted octanol–water partition coefficient (Wildman–Crippen LogP) is 4.62. The minimum atomic E-state index is 0. The molecule has 0 unspecified atom stereocenters. The van der Waals surface area contributed by atoms with Crippen LogP contribution in [0.3, 0.4) is 0 Å². The average Bonchev–Trinajstić information content (AvgIpc) is 3.20. The molecule has 0 saturated carbocycles. The maximum absolute atomic E-state index is 3.65. The molecule has 0 spiro atoms. The molecule has 0 bridgehead atoms. The Morgan fingerprint density at radius 3 is 0.886 bits per heavy atom. The summed E-state index contributed by atoms with van der Waals surface area (Å²) in [6.07, 6.45) is 14.2. The zero-order valence-electron chi connectivity index (χ0n) is 25.5. The Morgan fingerprint density at radius 1 is 0.543 bits per heavy atom. The number of hydrogen-bond donors (Lipinski definition) is 0. The van der Waals surface area contributed by atoms with Gasteiger partial charge in [0.1, 0.15) is 0 Å². The van der Waals surface area contributed by atoms with Gasteiger partial charge in [-0.15, -0.1) is 26.7 Å². The SMILES string of the molecule is CCC(CC)(C1=[C-]CC(C)=C1C)C(C)(C)C.CCC(CC)(C1=[C-]CC(C)=C1C)C(C)(C)C.[Cl-].[Cl-].[Zr+4]. The normalized spacial score (nSPS) is 16.5. The minimum absolute atomic E-state index is 0. The summed E-state index contributed by atoms with van der Waals surface area (Å²) in [5, 5.41) is 0. The van der Waals surface area contributed by atoms with E-state index in [1.165, 1.54) is 59.1 Å². The molecule has 200 valence electrons. The third-order valence-corrected chi connectivity index (χ3v) is 9.33. The van der Waals surface area contributed by atoms with E-state index in [1.54, 1.807) is 0 Å². The molecule has 0 aromatic carbocycles. The van der Waals surface area contributed by atoms with Crippen LogP contribution in [0.4, 0.5) is 0 Å². The number of hydrogen-bond acceptors (Lipinski definition) is 0. The van der Waals surface area contributed by atoms with Gasteiger partial charge < -0.3 is 24.8 Å². The van der Waals surface area contributed by atoms with E-state index >= 15 is 0 Å². The molecule has 0 saturated heterocycles. The number of rotatable bonds is 6. The molecular weight excluding hydrogens is 546 g/mol. The van der Waals surface area contributed by atoms with Gasteiger partial charge in [-0.05, 0) is 47.3 Å². The molecule has 2 aliphatic carbocycles. The molecule has 2 rings (SSSR count). The summed E-state index contributed by atoms with van der Waals surface area (Å²) in [4.78, 5) is 0. The van der Waals surface area contributed by atoms with Gasteiger partial charge in [0.25, 0.3) is 0 Å². The Bertz CT molecular complexity index is 718. The van der Waals surface area contributed by atoms with Crippen LogP contribution in [-0.4, -0.2) is 0 Å². The summed E-state index contributed by atoms with van der Waals surface area (Å²) >= 11 is 0. The smallest absolute Gasteiger partial charge is 1.00 e. The van der Waals surface area contributed by atoms with Crippen LogP contribution in [0.15, 0.2) is 33.4 Å². The molecule has 0 aliphatic heterocycles. The second kappa shape index (κ2) is 15.1. The van der Waals surface area contributed by atoms with Crippen LogP contribution < -0.4 is 24.8 Å².